The van der Waals surface area contributed by atoms with Crippen molar-refractivity contribution >= 4 is 17.9 Å². The van der Waals surface area contributed by atoms with Crippen LogP contribution in [0.4, 0.5) is 4.79 Å². The number of hydrogen-bond donors (Lipinski definition) is 2. The van der Waals surface area contributed by atoms with Gasteiger partial charge in [0.1, 0.15) is 5.54 Å². The van der Waals surface area contributed by atoms with E-state index in [0.717, 1.165) is 0 Å². The Kier molecular flexibility index (Phi) is 3.01. The fraction of sp³-hybridized carbons (Fsp3) is 0.250. The molecular formula is C12H11N2O4-. The zero-order valence-corrected chi connectivity index (χ0v) is 9.43. The van der Waals surface area contributed by atoms with Crippen LogP contribution in [0.5, 0.6) is 0 Å². The monoisotopic (exact) mass is 247 g/mol. The van der Waals surface area contributed by atoms with E-state index in [2.05, 4.69) is 10.6 Å². The molecule has 0 saturated carbocycles. The first kappa shape index (κ1) is 12.1. The molecule has 3 amide bonds. The van der Waals surface area contributed by atoms with Crippen molar-refractivity contribution in [3.8, 4) is 0 Å². The molecule has 1 atom stereocenters. The van der Waals surface area contributed by atoms with E-state index in [4.69, 9.17) is 0 Å². The first-order valence-corrected chi connectivity index (χ1v) is 5.43. The maximum atomic E-state index is 11.9. The second-order valence-electron chi connectivity index (χ2n) is 4.05. The number of nitrogens with one attached hydrogen (secondary N) is 2. The highest BCUT2D eigenvalue weighted by Gasteiger charge is 2.46. The lowest BCUT2D eigenvalue weighted by Gasteiger charge is -2.26. The molecule has 1 heterocycles. The maximum absolute atomic E-state index is 11.9. The topological polar surface area (TPSA) is 98.3 Å². The summed E-state index contributed by atoms with van der Waals surface area (Å²) in [6.45, 7) is 0. The van der Waals surface area contributed by atoms with Gasteiger partial charge in [0, 0.05) is 5.97 Å². The summed E-state index contributed by atoms with van der Waals surface area (Å²) >= 11 is 0. The van der Waals surface area contributed by atoms with Gasteiger partial charge in [-0.2, -0.15) is 0 Å². The van der Waals surface area contributed by atoms with Gasteiger partial charge in [0.25, 0.3) is 5.91 Å². The molecule has 0 spiro atoms. The minimum Gasteiger partial charge on any atom is -0.550 e. The van der Waals surface area contributed by atoms with Crippen LogP contribution in [0, 0.1) is 0 Å². The molecule has 0 unspecified atom stereocenters. The van der Waals surface area contributed by atoms with E-state index >= 15 is 0 Å². The number of urea groups is 1. The maximum Gasteiger partial charge on any atom is 0.322 e. The summed E-state index contributed by atoms with van der Waals surface area (Å²) in [5.74, 6) is -1.81. The van der Waals surface area contributed by atoms with E-state index in [1.807, 2.05) is 0 Å². The molecule has 18 heavy (non-hydrogen) atoms. The Morgan fingerprint density at radius 1 is 1.22 bits per heavy atom. The number of carboxylic acids is 1. The van der Waals surface area contributed by atoms with Crippen molar-refractivity contribution in [3.05, 3.63) is 35.9 Å². The number of rotatable bonds is 4. The molecule has 0 aromatic heterocycles. The number of amides is 3. The number of carbonyl (C=O) groups excluding carboxylic acids is 3. The van der Waals surface area contributed by atoms with E-state index < -0.39 is 23.4 Å². The Balaban J connectivity index is 2.37. The van der Waals surface area contributed by atoms with Crippen molar-refractivity contribution < 1.29 is 19.5 Å². The van der Waals surface area contributed by atoms with Gasteiger partial charge in [-0.1, -0.05) is 30.3 Å². The molecule has 1 fully saturated rings. The summed E-state index contributed by atoms with van der Waals surface area (Å²) in [6, 6.07) is 7.91. The predicted octanol–water partition coefficient (Wildman–Crippen LogP) is -0.749. The van der Waals surface area contributed by atoms with Crippen molar-refractivity contribution in [1.29, 1.82) is 0 Å². The standard InChI is InChI=1S/C12H12N2O4/c15-9(16)6-7-12(8-4-2-1-3-5-8)10(17)13-11(18)14-12/h1-5H,6-7H2,(H,15,16)(H2,13,14,17,18)/p-1/t12-/m0/s1. The molecular weight excluding hydrogens is 236 g/mol. The van der Waals surface area contributed by atoms with Gasteiger partial charge in [0.05, 0.1) is 0 Å². The molecule has 94 valence electrons. The van der Waals surface area contributed by atoms with Crippen molar-refractivity contribution in [1.82, 2.24) is 10.6 Å². The molecule has 1 aliphatic heterocycles. The van der Waals surface area contributed by atoms with E-state index in [9.17, 15) is 19.5 Å². The molecule has 1 saturated heterocycles. The molecule has 0 bridgehead atoms. The van der Waals surface area contributed by atoms with Crippen LogP contribution in [0.15, 0.2) is 30.3 Å². The molecule has 2 rings (SSSR count). The summed E-state index contributed by atoms with van der Waals surface area (Å²) < 4.78 is 0. The molecule has 6 heteroatoms. The van der Waals surface area contributed by atoms with E-state index in [1.165, 1.54) is 0 Å². The predicted molar refractivity (Wildman–Crippen MR) is 59.0 cm³/mol. The van der Waals surface area contributed by atoms with Crippen LogP contribution in [0.3, 0.4) is 0 Å². The van der Waals surface area contributed by atoms with Crippen LogP contribution in [0.2, 0.25) is 0 Å². The van der Waals surface area contributed by atoms with Crippen LogP contribution in [0.25, 0.3) is 0 Å². The third-order valence-corrected chi connectivity index (χ3v) is 2.91. The van der Waals surface area contributed by atoms with Gasteiger partial charge in [-0.05, 0) is 18.4 Å². The van der Waals surface area contributed by atoms with Gasteiger partial charge < -0.3 is 15.2 Å². The van der Waals surface area contributed by atoms with Crippen molar-refractivity contribution in [2.75, 3.05) is 0 Å². The highest BCUT2D eigenvalue weighted by molar-refractivity contribution is 6.07. The lowest BCUT2D eigenvalue weighted by Crippen LogP contribution is -2.44. The number of carbonyl (C=O) groups is 3. The van der Waals surface area contributed by atoms with Gasteiger partial charge in [0.15, 0.2) is 0 Å². The molecule has 6 nitrogen and oxygen atoms in total. The third kappa shape index (κ3) is 2.04. The SMILES string of the molecule is O=C([O-])CC[C@@]1(c2ccccc2)NC(=O)NC1=O. The van der Waals surface area contributed by atoms with Crippen LogP contribution in [0.1, 0.15) is 18.4 Å². The highest BCUT2D eigenvalue weighted by atomic mass is 16.4. The van der Waals surface area contributed by atoms with Crippen molar-refractivity contribution in [3.63, 3.8) is 0 Å². The fourth-order valence-corrected chi connectivity index (χ4v) is 2.03. The smallest absolute Gasteiger partial charge is 0.322 e. The second kappa shape index (κ2) is 4.48. The summed E-state index contributed by atoms with van der Waals surface area (Å²) in [5.41, 5.74) is -0.770. The molecule has 1 aromatic carbocycles. The summed E-state index contributed by atoms with van der Waals surface area (Å²) in [6.07, 6.45) is -0.362. The summed E-state index contributed by atoms with van der Waals surface area (Å²) in [7, 11) is 0. The van der Waals surface area contributed by atoms with Crippen LogP contribution in [-0.2, 0) is 15.1 Å². The number of aliphatic carboxylic acids is 1. The van der Waals surface area contributed by atoms with Crippen molar-refractivity contribution in [2.24, 2.45) is 0 Å². The number of hydrogen-bond acceptors (Lipinski definition) is 4. The molecule has 0 aliphatic carbocycles. The Morgan fingerprint density at radius 2 is 1.89 bits per heavy atom. The van der Waals surface area contributed by atoms with Gasteiger partial charge in [0.2, 0.25) is 0 Å². The first-order chi connectivity index (χ1) is 8.54. The minimum absolute atomic E-state index is 0.0447. The first-order valence-electron chi connectivity index (χ1n) is 5.43. The van der Waals surface area contributed by atoms with E-state index in [0.29, 0.717) is 5.56 Å². The average Bonchev–Trinajstić information content (AvgIpc) is 2.64. The van der Waals surface area contributed by atoms with Gasteiger partial charge in [-0.25, -0.2) is 4.79 Å². The normalized spacial score (nSPS) is 22.4. The van der Waals surface area contributed by atoms with Gasteiger partial charge >= 0.3 is 6.03 Å². The Morgan fingerprint density at radius 3 is 2.39 bits per heavy atom. The molecule has 1 aromatic rings. The Labute approximate surface area is 103 Å². The zero-order chi connectivity index (χ0) is 13.2. The lowest BCUT2D eigenvalue weighted by atomic mass is 9.85. The minimum atomic E-state index is -1.32. The fourth-order valence-electron chi connectivity index (χ4n) is 2.03. The quantitative estimate of drug-likeness (QED) is 0.684. The average molecular weight is 247 g/mol. The van der Waals surface area contributed by atoms with Crippen LogP contribution >= 0.6 is 0 Å². The summed E-state index contributed by atoms with van der Waals surface area (Å²) in [5, 5.41) is 15.2. The summed E-state index contributed by atoms with van der Waals surface area (Å²) in [4.78, 5) is 33.8. The Bertz CT molecular complexity index is 500. The van der Waals surface area contributed by atoms with E-state index in [-0.39, 0.29) is 12.8 Å². The van der Waals surface area contributed by atoms with Crippen LogP contribution in [-0.4, -0.2) is 17.9 Å². The number of benzene rings is 1. The number of carboxylic acid groups (broad SMARTS) is 1. The van der Waals surface area contributed by atoms with E-state index in [1.54, 1.807) is 30.3 Å². The Hall–Kier alpha value is -2.37. The third-order valence-electron chi connectivity index (χ3n) is 2.91. The second-order valence-corrected chi connectivity index (χ2v) is 4.05. The molecule has 1 aliphatic rings. The number of imide groups is 1. The molecule has 2 N–H and O–H groups in total. The van der Waals surface area contributed by atoms with Gasteiger partial charge in [-0.3, -0.25) is 10.1 Å². The highest BCUT2D eigenvalue weighted by Crippen LogP contribution is 2.29. The van der Waals surface area contributed by atoms with Gasteiger partial charge in [-0.15, -0.1) is 0 Å². The largest absolute Gasteiger partial charge is 0.550 e. The zero-order valence-electron chi connectivity index (χ0n) is 9.43. The lowest BCUT2D eigenvalue weighted by molar-refractivity contribution is -0.306. The van der Waals surface area contributed by atoms with Crippen molar-refractivity contribution in [2.45, 2.75) is 18.4 Å². The van der Waals surface area contributed by atoms with Crippen LogP contribution < -0.4 is 15.7 Å². The molecule has 0 radical (unpaired) electrons.